The molecule has 3 aromatic rings. The molecule has 46 heavy (non-hydrogen) atoms. The summed E-state index contributed by atoms with van der Waals surface area (Å²) in [5, 5.41) is 4.70. The summed E-state index contributed by atoms with van der Waals surface area (Å²) in [6, 6.07) is 24.9. The molecule has 3 amide bonds. The second-order valence-corrected chi connectivity index (χ2v) is 14.2. The predicted molar refractivity (Wildman–Crippen MR) is 175 cm³/mol. The number of nitrogens with one attached hydrogen (secondary N) is 2. The SMILES string of the molecule is CS(=O)C1=C(C(=O)OC(c2ccccc2)c2ccccc2)N2C(=O)[C@@H](NC(=O)C(NC(=O)OC(C)(C)C)c3ccccc3)[C@@H]2SC1. The van der Waals surface area contributed by atoms with Crippen LogP contribution in [0.3, 0.4) is 0 Å². The molecule has 3 aromatic carbocycles. The van der Waals surface area contributed by atoms with Crippen molar-refractivity contribution in [3.8, 4) is 0 Å². The van der Waals surface area contributed by atoms with Gasteiger partial charge >= 0.3 is 12.1 Å². The lowest BCUT2D eigenvalue weighted by molar-refractivity contribution is -0.154. The number of hydrogen-bond acceptors (Lipinski definition) is 8. The maximum Gasteiger partial charge on any atom is 0.408 e. The number of alkyl carbamates (subject to hydrolysis) is 1. The third kappa shape index (κ3) is 7.34. The lowest BCUT2D eigenvalue weighted by atomic mass is 10.0. The highest BCUT2D eigenvalue weighted by Crippen LogP contribution is 2.42. The fraction of sp³-hybridized carbons (Fsp3) is 0.294. The zero-order valence-electron chi connectivity index (χ0n) is 25.8. The minimum absolute atomic E-state index is 0.0802. The number of β-lactam (4-membered cyclic amide) rings is 1. The lowest BCUT2D eigenvalue weighted by Gasteiger charge is -2.49. The number of ether oxygens (including phenoxy) is 2. The number of rotatable bonds is 9. The van der Waals surface area contributed by atoms with E-state index in [0.29, 0.717) is 5.56 Å². The minimum Gasteiger partial charge on any atom is -0.448 e. The highest BCUT2D eigenvalue weighted by Gasteiger charge is 2.55. The van der Waals surface area contributed by atoms with E-state index in [1.807, 2.05) is 60.7 Å². The normalized spacial score (nSPS) is 19.0. The average Bonchev–Trinajstić information content (AvgIpc) is 3.04. The van der Waals surface area contributed by atoms with Crippen molar-refractivity contribution in [2.45, 2.75) is 49.9 Å². The Morgan fingerprint density at radius 3 is 1.91 bits per heavy atom. The van der Waals surface area contributed by atoms with Gasteiger partial charge in [0.15, 0.2) is 6.10 Å². The molecule has 4 atom stereocenters. The van der Waals surface area contributed by atoms with Gasteiger partial charge in [-0.05, 0) is 37.5 Å². The maximum atomic E-state index is 13.9. The summed E-state index contributed by atoms with van der Waals surface area (Å²) in [4.78, 5) is 55.3. The largest absolute Gasteiger partial charge is 0.448 e. The highest BCUT2D eigenvalue weighted by atomic mass is 32.2. The van der Waals surface area contributed by atoms with Crippen LogP contribution in [-0.4, -0.2) is 62.0 Å². The molecule has 1 fully saturated rings. The summed E-state index contributed by atoms with van der Waals surface area (Å²) in [7, 11) is -1.58. The standard InChI is InChI=1S/C34H35N3O7S2/c1-34(2,3)44-33(41)36-25(21-14-8-5-9-15-21)29(38)35-26-30(39)37-27(24(46(4)42)20-45-31(26)37)32(40)43-28(22-16-10-6-11-17-22)23-18-12-7-13-19-23/h5-19,25-26,28,31H,20H2,1-4H3,(H,35,38)(H,36,41)/t25?,26-,31+,46?/m1/s1. The first-order valence-corrected chi connectivity index (χ1v) is 17.2. The van der Waals surface area contributed by atoms with Crippen molar-refractivity contribution < 1.29 is 32.9 Å². The van der Waals surface area contributed by atoms with Crippen LogP contribution in [0.1, 0.15) is 49.6 Å². The first-order valence-electron chi connectivity index (χ1n) is 14.6. The number of fused-ring (bicyclic) bond motifs is 1. The Bertz CT molecular complexity index is 1620. The number of carbonyl (C=O) groups excluding carboxylic acids is 4. The van der Waals surface area contributed by atoms with E-state index in [2.05, 4.69) is 10.6 Å². The van der Waals surface area contributed by atoms with Crippen LogP contribution in [0.4, 0.5) is 4.79 Å². The summed E-state index contributed by atoms with van der Waals surface area (Å²) in [5.74, 6) is -1.78. The van der Waals surface area contributed by atoms with Crippen molar-refractivity contribution in [2.75, 3.05) is 12.0 Å². The molecule has 2 unspecified atom stereocenters. The molecular weight excluding hydrogens is 627 g/mol. The smallest absolute Gasteiger partial charge is 0.408 e. The Labute approximate surface area is 274 Å². The quantitative estimate of drug-likeness (QED) is 0.252. The van der Waals surface area contributed by atoms with E-state index in [0.717, 1.165) is 11.1 Å². The molecule has 0 radical (unpaired) electrons. The van der Waals surface area contributed by atoms with Gasteiger partial charge in [0.05, 0.1) is 4.91 Å². The Balaban J connectivity index is 1.38. The lowest BCUT2D eigenvalue weighted by Crippen LogP contribution is -2.71. The Hall–Kier alpha value is -4.42. The number of nitrogens with zero attached hydrogens (tertiary/aromatic N) is 1. The Kier molecular flexibility index (Phi) is 9.97. The van der Waals surface area contributed by atoms with E-state index in [4.69, 9.17) is 9.47 Å². The van der Waals surface area contributed by atoms with Gasteiger partial charge in [-0.3, -0.25) is 18.7 Å². The summed E-state index contributed by atoms with van der Waals surface area (Å²) in [5.41, 5.74) is 1.08. The molecule has 0 saturated carbocycles. The maximum absolute atomic E-state index is 13.9. The highest BCUT2D eigenvalue weighted by molar-refractivity contribution is 8.01. The number of carbonyl (C=O) groups is 4. The van der Waals surface area contributed by atoms with E-state index >= 15 is 0 Å². The fourth-order valence-corrected chi connectivity index (χ4v) is 7.67. The van der Waals surface area contributed by atoms with Gasteiger partial charge in [0, 0.05) is 22.8 Å². The van der Waals surface area contributed by atoms with Crippen LogP contribution < -0.4 is 10.6 Å². The van der Waals surface area contributed by atoms with Crippen LogP contribution in [-0.2, 0) is 34.7 Å². The van der Waals surface area contributed by atoms with Crippen molar-refractivity contribution in [1.82, 2.24) is 15.5 Å². The van der Waals surface area contributed by atoms with Crippen molar-refractivity contribution in [1.29, 1.82) is 0 Å². The molecule has 2 N–H and O–H groups in total. The van der Waals surface area contributed by atoms with Crippen LogP contribution in [0.25, 0.3) is 0 Å². The second kappa shape index (κ2) is 13.9. The van der Waals surface area contributed by atoms with Crippen molar-refractivity contribution in [2.24, 2.45) is 0 Å². The van der Waals surface area contributed by atoms with Crippen LogP contribution in [0.5, 0.6) is 0 Å². The number of amides is 3. The monoisotopic (exact) mass is 661 g/mol. The number of hydrogen-bond donors (Lipinski definition) is 2. The van der Waals surface area contributed by atoms with E-state index in [1.54, 1.807) is 51.1 Å². The van der Waals surface area contributed by atoms with Gasteiger partial charge in [-0.15, -0.1) is 11.8 Å². The molecule has 10 nitrogen and oxygen atoms in total. The molecule has 2 heterocycles. The molecule has 5 rings (SSSR count). The Morgan fingerprint density at radius 1 is 0.891 bits per heavy atom. The number of esters is 1. The van der Waals surface area contributed by atoms with Crippen LogP contribution in [0, 0.1) is 0 Å². The zero-order valence-corrected chi connectivity index (χ0v) is 27.4. The van der Waals surface area contributed by atoms with Crippen molar-refractivity contribution >= 4 is 46.4 Å². The summed E-state index contributed by atoms with van der Waals surface area (Å²) in [6.07, 6.45) is -0.120. The van der Waals surface area contributed by atoms with Crippen LogP contribution >= 0.6 is 11.8 Å². The van der Waals surface area contributed by atoms with Crippen LogP contribution in [0.2, 0.25) is 0 Å². The summed E-state index contributed by atoms with van der Waals surface area (Å²) < 4.78 is 24.2. The number of thioether (sulfide) groups is 1. The zero-order chi connectivity index (χ0) is 33.0. The molecule has 12 heteroatoms. The predicted octanol–water partition coefficient (Wildman–Crippen LogP) is 4.58. The molecule has 0 aliphatic carbocycles. The topological polar surface area (TPSA) is 131 Å². The van der Waals surface area contributed by atoms with Crippen molar-refractivity contribution in [3.63, 3.8) is 0 Å². The van der Waals surface area contributed by atoms with Gasteiger partial charge in [0.25, 0.3) is 5.91 Å². The van der Waals surface area contributed by atoms with E-state index in [1.165, 1.54) is 22.9 Å². The summed E-state index contributed by atoms with van der Waals surface area (Å²) in [6.45, 7) is 5.13. The van der Waals surface area contributed by atoms with E-state index in [-0.39, 0.29) is 16.4 Å². The van der Waals surface area contributed by atoms with Crippen LogP contribution in [0.15, 0.2) is 102 Å². The molecule has 2 aliphatic heterocycles. The second-order valence-electron chi connectivity index (χ2n) is 11.7. The molecular formula is C34H35N3O7S2. The van der Waals surface area contributed by atoms with Gasteiger partial charge in [0.2, 0.25) is 5.91 Å². The van der Waals surface area contributed by atoms with Crippen molar-refractivity contribution in [3.05, 3.63) is 118 Å². The van der Waals surface area contributed by atoms with Gasteiger partial charge in [-0.1, -0.05) is 91.0 Å². The average molecular weight is 662 g/mol. The molecule has 0 aromatic heterocycles. The third-order valence-electron chi connectivity index (χ3n) is 7.26. The first kappa shape index (κ1) is 33.0. The summed E-state index contributed by atoms with van der Waals surface area (Å²) >= 11 is 1.28. The molecule has 240 valence electrons. The molecule has 2 aliphatic rings. The first-order chi connectivity index (χ1) is 21.9. The van der Waals surface area contributed by atoms with Gasteiger partial charge in [-0.25, -0.2) is 9.59 Å². The van der Waals surface area contributed by atoms with Gasteiger partial charge in [0.1, 0.15) is 28.8 Å². The third-order valence-corrected chi connectivity index (χ3v) is 9.75. The minimum atomic E-state index is -1.58. The van der Waals surface area contributed by atoms with E-state index < -0.39 is 63.8 Å². The molecule has 0 bridgehead atoms. The fourth-order valence-electron chi connectivity index (χ4n) is 5.16. The molecule has 0 spiro atoms. The van der Waals surface area contributed by atoms with Gasteiger partial charge < -0.3 is 20.1 Å². The molecule has 1 saturated heterocycles. The van der Waals surface area contributed by atoms with Gasteiger partial charge in [-0.2, -0.15) is 0 Å². The number of benzene rings is 3. The van der Waals surface area contributed by atoms with E-state index in [9.17, 15) is 23.4 Å². The Morgan fingerprint density at radius 2 is 1.41 bits per heavy atom.